The number of aromatic carboxylic acids is 1. The fourth-order valence-electron chi connectivity index (χ4n) is 2.79. The molecule has 0 aliphatic heterocycles. The van der Waals surface area contributed by atoms with Crippen LogP contribution in [0.15, 0.2) is 42.5 Å². The number of carbonyl (C=O) groups is 1. The second kappa shape index (κ2) is 5.72. The molecular weight excluding hydrogens is 290 g/mol. The highest BCUT2D eigenvalue weighted by molar-refractivity contribution is 6.04. The van der Waals surface area contributed by atoms with Crippen molar-refractivity contribution in [3.8, 4) is 17.0 Å². The summed E-state index contributed by atoms with van der Waals surface area (Å²) in [6, 6.07) is 13.0. The quantitative estimate of drug-likeness (QED) is 0.787. The predicted octanol–water partition coefficient (Wildman–Crippen LogP) is 4.23. The van der Waals surface area contributed by atoms with Crippen molar-refractivity contribution in [2.45, 2.75) is 13.8 Å². The SMILES string of the molecule is COc1cccc(-c2cc(C(=O)O)c3cc(C)cc(C)c3n2)c1. The number of ether oxygens (including phenoxy) is 1. The first-order chi connectivity index (χ1) is 11.0. The highest BCUT2D eigenvalue weighted by Gasteiger charge is 2.15. The molecule has 1 aromatic heterocycles. The molecule has 116 valence electrons. The third-order valence-electron chi connectivity index (χ3n) is 3.84. The van der Waals surface area contributed by atoms with E-state index in [2.05, 4.69) is 4.98 Å². The lowest BCUT2D eigenvalue weighted by Gasteiger charge is -2.11. The Bertz CT molecular complexity index is 916. The maximum Gasteiger partial charge on any atom is 0.336 e. The van der Waals surface area contributed by atoms with Crippen LogP contribution in [0.25, 0.3) is 22.2 Å². The minimum absolute atomic E-state index is 0.264. The number of aromatic nitrogens is 1. The number of methoxy groups -OCH3 is 1. The van der Waals surface area contributed by atoms with Crippen molar-refractivity contribution in [1.29, 1.82) is 0 Å². The number of fused-ring (bicyclic) bond motifs is 1. The van der Waals surface area contributed by atoms with E-state index in [4.69, 9.17) is 4.74 Å². The van der Waals surface area contributed by atoms with Gasteiger partial charge in [-0.05, 0) is 43.7 Å². The van der Waals surface area contributed by atoms with E-state index in [-0.39, 0.29) is 5.56 Å². The zero-order valence-corrected chi connectivity index (χ0v) is 13.3. The van der Waals surface area contributed by atoms with Crippen molar-refractivity contribution in [2.75, 3.05) is 7.11 Å². The molecule has 0 spiro atoms. The van der Waals surface area contributed by atoms with Crippen molar-refractivity contribution in [3.05, 3.63) is 59.2 Å². The summed E-state index contributed by atoms with van der Waals surface area (Å²) in [6.07, 6.45) is 0. The molecule has 3 aromatic rings. The third-order valence-corrected chi connectivity index (χ3v) is 3.84. The van der Waals surface area contributed by atoms with Crippen molar-refractivity contribution < 1.29 is 14.6 Å². The fourth-order valence-corrected chi connectivity index (χ4v) is 2.79. The number of nitrogens with zero attached hydrogens (tertiary/aromatic N) is 1. The first-order valence-electron chi connectivity index (χ1n) is 7.29. The van der Waals surface area contributed by atoms with Crippen LogP contribution in [0.4, 0.5) is 0 Å². The van der Waals surface area contributed by atoms with E-state index < -0.39 is 5.97 Å². The largest absolute Gasteiger partial charge is 0.497 e. The minimum atomic E-state index is -0.952. The summed E-state index contributed by atoms with van der Waals surface area (Å²) in [4.78, 5) is 16.4. The molecule has 0 unspecified atom stereocenters. The van der Waals surface area contributed by atoms with Crippen molar-refractivity contribution in [1.82, 2.24) is 4.98 Å². The Kier molecular flexibility index (Phi) is 3.74. The molecule has 3 rings (SSSR count). The smallest absolute Gasteiger partial charge is 0.336 e. The van der Waals surface area contributed by atoms with E-state index >= 15 is 0 Å². The first-order valence-corrected chi connectivity index (χ1v) is 7.29. The molecule has 0 saturated carbocycles. The number of carboxylic acid groups (broad SMARTS) is 1. The molecule has 4 nitrogen and oxygen atoms in total. The summed E-state index contributed by atoms with van der Waals surface area (Å²) >= 11 is 0. The second-order valence-electron chi connectivity index (χ2n) is 5.57. The standard InChI is InChI=1S/C19H17NO3/c1-11-7-12(2)18-15(8-11)16(19(21)22)10-17(20-18)13-5-4-6-14(9-13)23-3/h4-10H,1-3H3,(H,21,22). The first kappa shape index (κ1) is 15.0. The molecule has 0 aliphatic carbocycles. The van der Waals surface area contributed by atoms with Crippen LogP contribution in [-0.2, 0) is 0 Å². The number of pyridine rings is 1. The molecule has 0 amide bonds. The lowest BCUT2D eigenvalue weighted by Crippen LogP contribution is -2.01. The normalized spacial score (nSPS) is 10.7. The molecule has 0 bridgehead atoms. The molecule has 0 aliphatic rings. The topological polar surface area (TPSA) is 59.4 Å². The van der Waals surface area contributed by atoms with Crippen molar-refractivity contribution in [2.24, 2.45) is 0 Å². The highest BCUT2D eigenvalue weighted by Crippen LogP contribution is 2.29. The van der Waals surface area contributed by atoms with Gasteiger partial charge in [-0.25, -0.2) is 9.78 Å². The molecular formula is C19H17NO3. The molecule has 1 N–H and O–H groups in total. The summed E-state index contributed by atoms with van der Waals surface area (Å²) in [5.41, 5.74) is 4.42. The van der Waals surface area contributed by atoms with E-state index in [0.717, 1.165) is 16.7 Å². The number of hydrogen-bond acceptors (Lipinski definition) is 3. The molecule has 0 radical (unpaired) electrons. The zero-order valence-electron chi connectivity index (χ0n) is 13.3. The number of carboxylic acids is 1. The van der Waals surface area contributed by atoms with Gasteiger partial charge in [-0.1, -0.05) is 23.8 Å². The van der Waals surface area contributed by atoms with Crippen LogP contribution in [-0.4, -0.2) is 23.2 Å². The average molecular weight is 307 g/mol. The van der Waals surface area contributed by atoms with Gasteiger partial charge >= 0.3 is 5.97 Å². The van der Waals surface area contributed by atoms with Gasteiger partial charge in [-0.15, -0.1) is 0 Å². The van der Waals surface area contributed by atoms with Gasteiger partial charge in [0.1, 0.15) is 5.75 Å². The van der Waals surface area contributed by atoms with Crippen LogP contribution in [0, 0.1) is 13.8 Å². The van der Waals surface area contributed by atoms with Gasteiger partial charge in [-0.3, -0.25) is 0 Å². The van der Waals surface area contributed by atoms with E-state index in [9.17, 15) is 9.90 Å². The maximum absolute atomic E-state index is 11.7. The average Bonchev–Trinajstić information content (AvgIpc) is 2.54. The van der Waals surface area contributed by atoms with Gasteiger partial charge < -0.3 is 9.84 Å². The van der Waals surface area contributed by atoms with Gasteiger partial charge in [0, 0.05) is 10.9 Å². The molecule has 0 fully saturated rings. The minimum Gasteiger partial charge on any atom is -0.497 e. The fraction of sp³-hybridized carbons (Fsp3) is 0.158. The Labute approximate surface area is 134 Å². The summed E-state index contributed by atoms with van der Waals surface area (Å²) in [7, 11) is 1.60. The molecule has 0 atom stereocenters. The van der Waals surface area contributed by atoms with Crippen LogP contribution in [0.2, 0.25) is 0 Å². The summed E-state index contributed by atoms with van der Waals surface area (Å²) in [6.45, 7) is 3.90. The van der Waals surface area contributed by atoms with Gasteiger partial charge in [0.2, 0.25) is 0 Å². The van der Waals surface area contributed by atoms with Gasteiger partial charge in [0.25, 0.3) is 0 Å². The van der Waals surface area contributed by atoms with E-state index in [1.54, 1.807) is 13.2 Å². The Hall–Kier alpha value is -2.88. The van der Waals surface area contributed by atoms with Crippen LogP contribution in [0.5, 0.6) is 5.75 Å². The van der Waals surface area contributed by atoms with Crippen molar-refractivity contribution in [3.63, 3.8) is 0 Å². The lowest BCUT2D eigenvalue weighted by atomic mass is 10.00. The van der Waals surface area contributed by atoms with Crippen LogP contribution >= 0.6 is 0 Å². The summed E-state index contributed by atoms with van der Waals surface area (Å²) < 4.78 is 5.24. The van der Waals surface area contributed by atoms with Crippen LogP contribution < -0.4 is 4.74 Å². The highest BCUT2D eigenvalue weighted by atomic mass is 16.5. The Balaban J connectivity index is 2.32. The van der Waals surface area contributed by atoms with Crippen molar-refractivity contribution >= 4 is 16.9 Å². The second-order valence-corrected chi connectivity index (χ2v) is 5.57. The van der Waals surface area contributed by atoms with E-state index in [1.165, 1.54) is 0 Å². The van der Waals surface area contributed by atoms with Crippen LogP contribution in [0.1, 0.15) is 21.5 Å². The summed E-state index contributed by atoms with van der Waals surface area (Å²) in [5, 5.41) is 10.3. The van der Waals surface area contributed by atoms with Crippen LogP contribution in [0.3, 0.4) is 0 Å². The number of aryl methyl sites for hydroxylation is 2. The maximum atomic E-state index is 11.7. The molecule has 1 heterocycles. The monoisotopic (exact) mass is 307 g/mol. The van der Waals surface area contributed by atoms with E-state index in [0.29, 0.717) is 22.3 Å². The predicted molar refractivity (Wildman–Crippen MR) is 90.2 cm³/mol. The molecule has 23 heavy (non-hydrogen) atoms. The van der Waals surface area contributed by atoms with Gasteiger partial charge in [0.05, 0.1) is 23.9 Å². The molecule has 4 heteroatoms. The number of rotatable bonds is 3. The summed E-state index contributed by atoms with van der Waals surface area (Å²) in [5.74, 6) is -0.242. The van der Waals surface area contributed by atoms with E-state index in [1.807, 2.05) is 50.2 Å². The zero-order chi connectivity index (χ0) is 16.6. The number of hydrogen-bond donors (Lipinski definition) is 1. The lowest BCUT2D eigenvalue weighted by molar-refractivity contribution is 0.0699. The Morgan fingerprint density at radius 1 is 1.13 bits per heavy atom. The third kappa shape index (κ3) is 2.75. The number of benzene rings is 2. The van der Waals surface area contributed by atoms with Gasteiger partial charge in [0.15, 0.2) is 0 Å². The molecule has 0 saturated heterocycles. The Morgan fingerprint density at radius 2 is 1.91 bits per heavy atom. The molecule has 2 aromatic carbocycles. The Morgan fingerprint density at radius 3 is 2.61 bits per heavy atom. The van der Waals surface area contributed by atoms with Gasteiger partial charge in [-0.2, -0.15) is 0 Å².